The lowest BCUT2D eigenvalue weighted by Crippen LogP contribution is -2.13. The molecule has 0 aliphatic rings. The molecule has 0 aliphatic heterocycles. The average molecular weight is 452 g/mol. The van der Waals surface area contributed by atoms with E-state index in [4.69, 9.17) is 46.4 Å². The van der Waals surface area contributed by atoms with Gasteiger partial charge in [-0.1, -0.05) is 46.4 Å². The van der Waals surface area contributed by atoms with Crippen LogP contribution in [0.5, 0.6) is 0 Å². The average Bonchev–Trinajstić information content (AvgIpc) is 3.19. The van der Waals surface area contributed by atoms with Gasteiger partial charge in [-0.2, -0.15) is 0 Å². The molecular formula is C17H14Cl4N2S2. The zero-order valence-electron chi connectivity index (χ0n) is 13.0. The summed E-state index contributed by atoms with van der Waals surface area (Å²) in [5.41, 5.74) is 0. The number of thioether (sulfide) groups is 1. The summed E-state index contributed by atoms with van der Waals surface area (Å²) in [4.78, 5) is 6.26. The molecule has 1 unspecified atom stereocenters. The maximum absolute atomic E-state index is 6.36. The minimum atomic E-state index is 0.284. The van der Waals surface area contributed by atoms with Crippen molar-refractivity contribution in [2.24, 2.45) is 0 Å². The van der Waals surface area contributed by atoms with Crippen LogP contribution in [0.1, 0.15) is 11.3 Å². The third-order valence-corrected chi connectivity index (χ3v) is 7.29. The Labute approximate surface area is 175 Å². The summed E-state index contributed by atoms with van der Waals surface area (Å²) in [6, 6.07) is 7.47. The van der Waals surface area contributed by atoms with Crippen LogP contribution >= 0.6 is 69.5 Å². The molecular weight excluding hydrogens is 438 g/mol. The molecule has 0 fully saturated rings. The van der Waals surface area contributed by atoms with Gasteiger partial charge < -0.3 is 4.57 Å². The third kappa shape index (κ3) is 5.56. The maximum Gasteiger partial charge on any atom is 0.0946 e. The first-order chi connectivity index (χ1) is 12.0. The molecule has 25 heavy (non-hydrogen) atoms. The van der Waals surface area contributed by atoms with Crippen molar-refractivity contribution in [3.8, 4) is 0 Å². The molecule has 0 amide bonds. The highest BCUT2D eigenvalue weighted by molar-refractivity contribution is 8.00. The van der Waals surface area contributed by atoms with Gasteiger partial charge >= 0.3 is 0 Å². The minimum absolute atomic E-state index is 0.284. The predicted octanol–water partition coefficient (Wildman–Crippen LogP) is 7.35. The van der Waals surface area contributed by atoms with E-state index in [-0.39, 0.29) is 5.25 Å². The Morgan fingerprint density at radius 1 is 1.12 bits per heavy atom. The van der Waals surface area contributed by atoms with Crippen molar-refractivity contribution in [2.75, 3.05) is 0 Å². The molecule has 1 atom stereocenters. The fourth-order valence-electron chi connectivity index (χ4n) is 2.41. The second-order valence-corrected chi connectivity index (χ2v) is 9.80. The van der Waals surface area contributed by atoms with E-state index in [0.717, 1.165) is 28.6 Å². The van der Waals surface area contributed by atoms with Crippen molar-refractivity contribution < 1.29 is 0 Å². The highest BCUT2D eigenvalue weighted by Crippen LogP contribution is 2.40. The molecule has 0 saturated heterocycles. The summed E-state index contributed by atoms with van der Waals surface area (Å²) >= 11 is 28.1. The Hall–Kier alpha value is -0.360. The largest absolute Gasteiger partial charge is 0.336 e. The van der Waals surface area contributed by atoms with Crippen LogP contribution in [-0.4, -0.2) is 14.8 Å². The molecule has 0 N–H and O–H groups in total. The summed E-state index contributed by atoms with van der Waals surface area (Å²) in [5, 5.41) is 1.99. The number of hydrogen-bond donors (Lipinski definition) is 0. The van der Waals surface area contributed by atoms with Gasteiger partial charge in [0.1, 0.15) is 0 Å². The van der Waals surface area contributed by atoms with E-state index in [1.807, 2.05) is 18.6 Å². The topological polar surface area (TPSA) is 17.8 Å². The first-order valence-corrected chi connectivity index (χ1v) is 10.7. The van der Waals surface area contributed by atoms with E-state index in [0.29, 0.717) is 15.1 Å². The Morgan fingerprint density at radius 2 is 1.88 bits per heavy atom. The van der Waals surface area contributed by atoms with Gasteiger partial charge in [0.15, 0.2) is 0 Å². The number of benzene rings is 1. The summed E-state index contributed by atoms with van der Waals surface area (Å²) in [7, 11) is 0. The summed E-state index contributed by atoms with van der Waals surface area (Å²) < 4.78 is 2.88. The van der Waals surface area contributed by atoms with Gasteiger partial charge in [0.05, 0.1) is 20.7 Å². The first-order valence-electron chi connectivity index (χ1n) is 7.52. The van der Waals surface area contributed by atoms with E-state index < -0.39 is 0 Å². The molecule has 3 aromatic rings. The normalized spacial score (nSPS) is 12.5. The van der Waals surface area contributed by atoms with Crippen molar-refractivity contribution in [1.29, 1.82) is 0 Å². The Bertz CT molecular complexity index is 810. The number of imidazole rings is 1. The quantitative estimate of drug-likeness (QED) is 0.349. The van der Waals surface area contributed by atoms with Gasteiger partial charge in [-0.15, -0.1) is 23.1 Å². The van der Waals surface area contributed by atoms with Crippen molar-refractivity contribution in [1.82, 2.24) is 9.55 Å². The van der Waals surface area contributed by atoms with Crippen LogP contribution in [0.3, 0.4) is 0 Å². The molecule has 0 radical (unpaired) electrons. The second-order valence-electron chi connectivity index (χ2n) is 5.44. The number of thiophene rings is 1. The fraction of sp³-hybridized carbons (Fsp3) is 0.235. The molecule has 0 spiro atoms. The van der Waals surface area contributed by atoms with E-state index in [1.54, 1.807) is 41.4 Å². The molecule has 8 heteroatoms. The summed E-state index contributed by atoms with van der Waals surface area (Å²) in [6.07, 6.45) is 7.48. The van der Waals surface area contributed by atoms with Crippen LogP contribution in [0.4, 0.5) is 0 Å². The van der Waals surface area contributed by atoms with E-state index >= 15 is 0 Å². The fourth-order valence-corrected chi connectivity index (χ4v) is 5.76. The molecule has 1 aromatic carbocycles. The maximum atomic E-state index is 6.36. The lowest BCUT2D eigenvalue weighted by molar-refractivity contribution is 0.626. The molecule has 0 bridgehead atoms. The highest BCUT2D eigenvalue weighted by atomic mass is 35.5. The number of rotatable bonds is 7. The highest BCUT2D eigenvalue weighted by Gasteiger charge is 2.17. The molecule has 2 aromatic heterocycles. The van der Waals surface area contributed by atoms with Crippen LogP contribution < -0.4 is 0 Å². The van der Waals surface area contributed by atoms with E-state index in [2.05, 4.69) is 15.6 Å². The lowest BCUT2D eigenvalue weighted by Gasteiger charge is -2.18. The molecule has 0 aliphatic carbocycles. The van der Waals surface area contributed by atoms with Crippen LogP contribution in [0.15, 0.2) is 47.9 Å². The van der Waals surface area contributed by atoms with E-state index in [9.17, 15) is 0 Å². The SMILES string of the molecule is Clc1cc(Cl)c(SC(CCc2ccc(Cl)s2)Cn2ccnc2)c(Cl)c1. The number of aryl methyl sites for hydroxylation is 1. The van der Waals surface area contributed by atoms with Gasteiger partial charge in [0, 0.05) is 39.0 Å². The van der Waals surface area contributed by atoms with Crippen molar-refractivity contribution in [2.45, 2.75) is 29.5 Å². The Kier molecular flexibility index (Phi) is 7.01. The molecule has 2 heterocycles. The first kappa shape index (κ1) is 19.4. The smallest absolute Gasteiger partial charge is 0.0946 e. The van der Waals surface area contributed by atoms with Gasteiger partial charge in [0.2, 0.25) is 0 Å². The summed E-state index contributed by atoms with van der Waals surface area (Å²) in [6.45, 7) is 0.819. The molecule has 0 saturated carbocycles. The monoisotopic (exact) mass is 450 g/mol. The lowest BCUT2D eigenvalue weighted by atomic mass is 10.2. The van der Waals surface area contributed by atoms with E-state index in [1.165, 1.54) is 4.88 Å². The summed E-state index contributed by atoms with van der Waals surface area (Å²) in [5.74, 6) is 0. The second kappa shape index (κ2) is 9.03. The van der Waals surface area contributed by atoms with Crippen LogP contribution in [-0.2, 0) is 13.0 Å². The van der Waals surface area contributed by atoms with Crippen LogP contribution in [0.2, 0.25) is 19.4 Å². The number of aromatic nitrogens is 2. The minimum Gasteiger partial charge on any atom is -0.336 e. The van der Waals surface area contributed by atoms with Gasteiger partial charge in [-0.25, -0.2) is 4.98 Å². The van der Waals surface area contributed by atoms with Gasteiger partial charge in [0.25, 0.3) is 0 Å². The predicted molar refractivity (Wildman–Crippen MR) is 111 cm³/mol. The van der Waals surface area contributed by atoms with Crippen LogP contribution in [0, 0.1) is 0 Å². The number of hydrogen-bond acceptors (Lipinski definition) is 3. The Morgan fingerprint density at radius 3 is 2.48 bits per heavy atom. The zero-order valence-corrected chi connectivity index (χ0v) is 17.6. The van der Waals surface area contributed by atoms with Crippen molar-refractivity contribution in [3.63, 3.8) is 0 Å². The van der Waals surface area contributed by atoms with Crippen molar-refractivity contribution >= 4 is 69.5 Å². The van der Waals surface area contributed by atoms with Crippen LogP contribution in [0.25, 0.3) is 0 Å². The molecule has 132 valence electrons. The Balaban J connectivity index is 1.76. The standard InChI is InChI=1S/C17H14Cl4N2S2/c18-11-7-14(19)17(15(20)8-11)25-13(9-23-6-5-22-10-23)2-1-12-3-4-16(21)24-12/h3-8,10,13H,1-2,9H2. The zero-order chi connectivity index (χ0) is 17.8. The van der Waals surface area contributed by atoms with Gasteiger partial charge in [-0.3, -0.25) is 0 Å². The third-order valence-electron chi connectivity index (χ3n) is 3.56. The molecule has 3 rings (SSSR count). The number of nitrogens with zero attached hydrogens (tertiary/aromatic N) is 2. The molecule has 2 nitrogen and oxygen atoms in total. The van der Waals surface area contributed by atoms with Gasteiger partial charge in [-0.05, 0) is 37.1 Å². The number of halogens is 4. The van der Waals surface area contributed by atoms with Crippen molar-refractivity contribution in [3.05, 3.63) is 67.3 Å².